The average Bonchev–Trinajstić information content (AvgIpc) is 2.05. The van der Waals surface area contributed by atoms with Crippen molar-refractivity contribution in [2.75, 3.05) is 13.1 Å². The third kappa shape index (κ3) is 1.78. The molecule has 1 atom stereocenters. The standard InChI is InChI=1S/C6H13N3O/c1-2-6(10)9-5-3-4-7-8-9/h2,6-8,10H,1,3-5H2. The van der Waals surface area contributed by atoms with Crippen LogP contribution in [0.15, 0.2) is 12.7 Å². The van der Waals surface area contributed by atoms with Crippen LogP contribution in [0.5, 0.6) is 0 Å². The molecule has 3 N–H and O–H groups in total. The van der Waals surface area contributed by atoms with Crippen molar-refractivity contribution in [2.45, 2.75) is 12.6 Å². The minimum absolute atomic E-state index is 0.590. The summed E-state index contributed by atoms with van der Waals surface area (Å²) in [6.07, 6.45) is 1.94. The minimum Gasteiger partial charge on any atom is -0.373 e. The zero-order valence-corrected chi connectivity index (χ0v) is 5.88. The topological polar surface area (TPSA) is 47.5 Å². The maximum absolute atomic E-state index is 9.19. The third-order valence-corrected chi connectivity index (χ3v) is 1.45. The summed E-state index contributed by atoms with van der Waals surface area (Å²) in [5.41, 5.74) is 5.75. The Balaban J connectivity index is 2.30. The van der Waals surface area contributed by atoms with Gasteiger partial charge >= 0.3 is 0 Å². The number of hydrazine groups is 2. The first-order valence-corrected chi connectivity index (χ1v) is 3.40. The van der Waals surface area contributed by atoms with Crippen LogP contribution in [0.2, 0.25) is 0 Å². The molecule has 0 amide bonds. The zero-order chi connectivity index (χ0) is 7.40. The van der Waals surface area contributed by atoms with Gasteiger partial charge in [-0.1, -0.05) is 6.58 Å². The highest BCUT2D eigenvalue weighted by atomic mass is 16.3. The smallest absolute Gasteiger partial charge is 0.139 e. The summed E-state index contributed by atoms with van der Waals surface area (Å²) >= 11 is 0. The fraction of sp³-hybridized carbons (Fsp3) is 0.667. The molecule has 1 unspecified atom stereocenters. The molecule has 0 aromatic rings. The summed E-state index contributed by atoms with van der Waals surface area (Å²) in [7, 11) is 0. The van der Waals surface area contributed by atoms with Crippen molar-refractivity contribution in [3.8, 4) is 0 Å². The average molecular weight is 143 g/mol. The Kier molecular flexibility index (Phi) is 2.82. The van der Waals surface area contributed by atoms with Crippen LogP contribution in [0.25, 0.3) is 0 Å². The molecular weight excluding hydrogens is 130 g/mol. The first kappa shape index (κ1) is 7.68. The molecule has 0 aliphatic carbocycles. The minimum atomic E-state index is -0.590. The van der Waals surface area contributed by atoms with Crippen LogP contribution >= 0.6 is 0 Å². The van der Waals surface area contributed by atoms with Gasteiger partial charge in [-0.2, -0.15) is 10.5 Å². The van der Waals surface area contributed by atoms with Crippen LogP contribution in [0.1, 0.15) is 6.42 Å². The van der Waals surface area contributed by atoms with E-state index in [1.54, 1.807) is 5.01 Å². The molecule has 1 heterocycles. The lowest BCUT2D eigenvalue weighted by atomic mass is 10.4. The van der Waals surface area contributed by atoms with E-state index in [0.717, 1.165) is 19.5 Å². The molecule has 10 heavy (non-hydrogen) atoms. The molecule has 0 radical (unpaired) electrons. The number of aliphatic hydroxyl groups is 1. The summed E-state index contributed by atoms with van der Waals surface area (Å²) in [6, 6.07) is 0. The summed E-state index contributed by atoms with van der Waals surface area (Å²) in [5, 5.41) is 10.9. The van der Waals surface area contributed by atoms with Gasteiger partial charge in [0.1, 0.15) is 6.23 Å². The van der Waals surface area contributed by atoms with E-state index in [4.69, 9.17) is 0 Å². The van der Waals surface area contributed by atoms with Crippen LogP contribution in [0.4, 0.5) is 0 Å². The van der Waals surface area contributed by atoms with Crippen molar-refractivity contribution in [3.63, 3.8) is 0 Å². The molecule has 0 aromatic carbocycles. The Hall–Kier alpha value is -0.420. The Morgan fingerprint density at radius 1 is 1.70 bits per heavy atom. The number of rotatable bonds is 2. The molecule has 0 saturated carbocycles. The molecule has 0 bridgehead atoms. The highest BCUT2D eigenvalue weighted by Crippen LogP contribution is 1.96. The zero-order valence-electron chi connectivity index (χ0n) is 5.88. The maximum Gasteiger partial charge on any atom is 0.139 e. The van der Waals surface area contributed by atoms with Crippen molar-refractivity contribution in [2.24, 2.45) is 0 Å². The molecular formula is C6H13N3O. The summed E-state index contributed by atoms with van der Waals surface area (Å²) < 4.78 is 0. The second kappa shape index (κ2) is 3.68. The van der Waals surface area contributed by atoms with Gasteiger partial charge in [0.25, 0.3) is 0 Å². The lowest BCUT2D eigenvalue weighted by Gasteiger charge is -2.30. The molecule has 0 spiro atoms. The van der Waals surface area contributed by atoms with E-state index >= 15 is 0 Å². The number of hydrogen-bond donors (Lipinski definition) is 3. The van der Waals surface area contributed by atoms with Gasteiger partial charge in [0.15, 0.2) is 0 Å². The quantitative estimate of drug-likeness (QED) is 0.443. The first-order chi connectivity index (χ1) is 4.84. The molecule has 0 aromatic heterocycles. The molecule has 1 saturated heterocycles. The van der Waals surface area contributed by atoms with Crippen molar-refractivity contribution in [1.29, 1.82) is 0 Å². The van der Waals surface area contributed by atoms with Crippen LogP contribution in [0, 0.1) is 0 Å². The molecule has 1 aliphatic heterocycles. The highest BCUT2D eigenvalue weighted by Gasteiger charge is 2.13. The predicted molar refractivity (Wildman–Crippen MR) is 38.7 cm³/mol. The monoisotopic (exact) mass is 143 g/mol. The molecule has 1 rings (SSSR count). The number of hydrogen-bond acceptors (Lipinski definition) is 4. The number of nitrogens with zero attached hydrogens (tertiary/aromatic N) is 1. The van der Waals surface area contributed by atoms with E-state index in [2.05, 4.69) is 17.5 Å². The molecule has 4 heteroatoms. The Labute approximate surface area is 60.5 Å². The second-order valence-electron chi connectivity index (χ2n) is 2.23. The lowest BCUT2D eigenvalue weighted by molar-refractivity contribution is -0.0278. The van der Waals surface area contributed by atoms with Crippen LogP contribution in [-0.2, 0) is 0 Å². The Morgan fingerprint density at radius 3 is 3.00 bits per heavy atom. The van der Waals surface area contributed by atoms with Gasteiger partial charge in [-0.3, -0.25) is 0 Å². The Bertz CT molecular complexity index is 112. The number of nitrogens with one attached hydrogen (secondary N) is 2. The normalized spacial score (nSPS) is 24.1. The fourth-order valence-electron chi connectivity index (χ4n) is 0.877. The van der Waals surface area contributed by atoms with Gasteiger partial charge in [-0.25, -0.2) is 5.43 Å². The summed E-state index contributed by atoms with van der Waals surface area (Å²) in [5.74, 6) is 0. The van der Waals surface area contributed by atoms with Gasteiger partial charge < -0.3 is 5.11 Å². The second-order valence-corrected chi connectivity index (χ2v) is 2.23. The van der Waals surface area contributed by atoms with Gasteiger partial charge in [-0.15, -0.1) is 0 Å². The van der Waals surface area contributed by atoms with Crippen molar-refractivity contribution in [1.82, 2.24) is 16.0 Å². The van der Waals surface area contributed by atoms with E-state index in [1.807, 2.05) is 0 Å². The van der Waals surface area contributed by atoms with Crippen molar-refractivity contribution in [3.05, 3.63) is 12.7 Å². The maximum atomic E-state index is 9.19. The van der Waals surface area contributed by atoms with E-state index in [9.17, 15) is 5.11 Å². The molecule has 4 nitrogen and oxygen atoms in total. The lowest BCUT2D eigenvalue weighted by Crippen LogP contribution is -2.56. The summed E-state index contributed by atoms with van der Waals surface area (Å²) in [4.78, 5) is 0. The van der Waals surface area contributed by atoms with Gasteiger partial charge in [0, 0.05) is 13.1 Å². The predicted octanol–water partition coefficient (Wildman–Crippen LogP) is -0.794. The Morgan fingerprint density at radius 2 is 2.50 bits per heavy atom. The number of aliphatic hydroxyl groups excluding tert-OH is 1. The van der Waals surface area contributed by atoms with E-state index in [1.165, 1.54) is 6.08 Å². The van der Waals surface area contributed by atoms with Gasteiger partial charge in [0.05, 0.1) is 0 Å². The van der Waals surface area contributed by atoms with Crippen molar-refractivity contribution >= 4 is 0 Å². The summed E-state index contributed by atoms with van der Waals surface area (Å²) in [6.45, 7) is 5.27. The SMILES string of the molecule is C=CC(O)N1CCCNN1. The fourth-order valence-corrected chi connectivity index (χ4v) is 0.877. The molecule has 1 fully saturated rings. The van der Waals surface area contributed by atoms with E-state index in [0.29, 0.717) is 0 Å². The van der Waals surface area contributed by atoms with E-state index < -0.39 is 6.23 Å². The van der Waals surface area contributed by atoms with Gasteiger partial charge in [-0.05, 0) is 12.5 Å². The largest absolute Gasteiger partial charge is 0.373 e. The van der Waals surface area contributed by atoms with Crippen LogP contribution in [-0.4, -0.2) is 29.4 Å². The molecule has 58 valence electrons. The first-order valence-electron chi connectivity index (χ1n) is 3.40. The van der Waals surface area contributed by atoms with Crippen molar-refractivity contribution < 1.29 is 5.11 Å². The van der Waals surface area contributed by atoms with Crippen LogP contribution in [0.3, 0.4) is 0 Å². The van der Waals surface area contributed by atoms with Crippen LogP contribution < -0.4 is 11.0 Å². The van der Waals surface area contributed by atoms with E-state index in [-0.39, 0.29) is 0 Å². The third-order valence-electron chi connectivity index (χ3n) is 1.45. The molecule has 1 aliphatic rings. The van der Waals surface area contributed by atoms with Gasteiger partial charge in [0.2, 0.25) is 0 Å². The highest BCUT2D eigenvalue weighted by molar-refractivity contribution is 4.77.